The highest BCUT2D eigenvalue weighted by molar-refractivity contribution is 5.92. The van der Waals surface area contributed by atoms with Gasteiger partial charge in [-0.1, -0.05) is 30.3 Å². The van der Waals surface area contributed by atoms with Crippen molar-refractivity contribution in [3.05, 3.63) is 59.8 Å². The zero-order valence-corrected chi connectivity index (χ0v) is 14.7. The third-order valence-electron chi connectivity index (χ3n) is 5.52. The molecule has 1 aromatic heterocycles. The van der Waals surface area contributed by atoms with E-state index in [0.717, 1.165) is 12.8 Å². The first-order valence-corrected chi connectivity index (χ1v) is 9.31. The molecule has 2 heterocycles. The van der Waals surface area contributed by atoms with Gasteiger partial charge >= 0.3 is 0 Å². The number of nitrogens with one attached hydrogen (secondary N) is 1. The van der Waals surface area contributed by atoms with Gasteiger partial charge in [-0.05, 0) is 48.9 Å². The van der Waals surface area contributed by atoms with Gasteiger partial charge in [-0.2, -0.15) is 0 Å². The number of rotatable bonds is 3. The van der Waals surface area contributed by atoms with E-state index >= 15 is 0 Å². The number of anilines is 1. The predicted octanol–water partition coefficient (Wildman–Crippen LogP) is 2.99. The lowest BCUT2D eigenvalue weighted by molar-refractivity contribution is -0.135. The highest BCUT2D eigenvalue weighted by Gasteiger charge is 2.34. The summed E-state index contributed by atoms with van der Waals surface area (Å²) in [6.45, 7) is 1.30. The van der Waals surface area contributed by atoms with Crippen LogP contribution >= 0.6 is 0 Å². The molecule has 2 aliphatic rings. The van der Waals surface area contributed by atoms with Crippen molar-refractivity contribution in [2.24, 2.45) is 5.92 Å². The van der Waals surface area contributed by atoms with Crippen molar-refractivity contribution < 1.29 is 9.59 Å². The van der Waals surface area contributed by atoms with Crippen LogP contribution in [0.1, 0.15) is 36.3 Å². The number of fused-ring (bicyclic) bond motifs is 1. The van der Waals surface area contributed by atoms with E-state index in [1.165, 1.54) is 11.1 Å². The Morgan fingerprint density at radius 2 is 1.77 bits per heavy atom. The number of carbonyl (C=O) groups is 2. The maximum absolute atomic E-state index is 12.9. The summed E-state index contributed by atoms with van der Waals surface area (Å²) in [5.74, 6) is 0.737. The first-order valence-electron chi connectivity index (χ1n) is 9.31. The summed E-state index contributed by atoms with van der Waals surface area (Å²) in [7, 11) is 0. The number of hydrogen-bond donors (Lipinski definition) is 1. The third kappa shape index (κ3) is 3.34. The van der Waals surface area contributed by atoms with E-state index in [-0.39, 0.29) is 23.7 Å². The van der Waals surface area contributed by atoms with Crippen molar-refractivity contribution in [1.29, 1.82) is 0 Å². The summed E-state index contributed by atoms with van der Waals surface area (Å²) < 4.78 is 0. The maximum Gasteiger partial charge on any atom is 0.230 e. The Morgan fingerprint density at radius 3 is 2.54 bits per heavy atom. The molecule has 1 N–H and O–H groups in total. The second-order valence-electron chi connectivity index (χ2n) is 7.09. The maximum atomic E-state index is 12.9. The Bertz CT molecular complexity index is 798. The standard InChI is InChI=1S/C21H23N3O2/c25-20(23-19-7-3-4-12-22-19)16-10-13-24(14-11-16)21(26)18-9-8-15-5-1-2-6-17(15)18/h1-7,12,16,18H,8-11,13-14H2,(H,22,23,25)/t18-/m1/s1. The molecular formula is C21H23N3O2. The SMILES string of the molecule is O=C(Nc1ccccn1)C1CCN(C(=O)[C@@H]2CCc3ccccc32)CC1. The molecular weight excluding hydrogens is 326 g/mol. The quantitative estimate of drug-likeness (QED) is 0.927. The fourth-order valence-corrected chi connectivity index (χ4v) is 4.06. The normalized spacial score (nSPS) is 19.8. The molecule has 1 saturated heterocycles. The smallest absolute Gasteiger partial charge is 0.230 e. The number of aryl methyl sites for hydroxylation is 1. The summed E-state index contributed by atoms with van der Waals surface area (Å²) in [6, 6.07) is 13.7. The molecule has 5 nitrogen and oxygen atoms in total. The molecule has 1 aromatic carbocycles. The Labute approximate surface area is 153 Å². The van der Waals surface area contributed by atoms with Crippen molar-refractivity contribution in [2.45, 2.75) is 31.6 Å². The van der Waals surface area contributed by atoms with Gasteiger partial charge < -0.3 is 10.2 Å². The van der Waals surface area contributed by atoms with Crippen molar-refractivity contribution in [1.82, 2.24) is 9.88 Å². The van der Waals surface area contributed by atoms with E-state index in [1.807, 2.05) is 29.2 Å². The predicted molar refractivity (Wildman–Crippen MR) is 99.7 cm³/mol. The second kappa shape index (κ2) is 7.28. The number of piperidine rings is 1. The highest BCUT2D eigenvalue weighted by Crippen LogP contribution is 2.35. The van der Waals surface area contributed by atoms with Gasteiger partial charge in [0.15, 0.2) is 0 Å². The third-order valence-corrected chi connectivity index (χ3v) is 5.52. The highest BCUT2D eigenvalue weighted by atomic mass is 16.2. The molecule has 0 saturated carbocycles. The van der Waals surface area contributed by atoms with Crippen LogP contribution in [0.2, 0.25) is 0 Å². The van der Waals surface area contributed by atoms with E-state index in [4.69, 9.17) is 0 Å². The van der Waals surface area contributed by atoms with Crippen LogP contribution in [0.25, 0.3) is 0 Å². The molecule has 0 bridgehead atoms. The fraction of sp³-hybridized carbons (Fsp3) is 0.381. The van der Waals surface area contributed by atoms with Crippen LogP contribution in [0.3, 0.4) is 0 Å². The van der Waals surface area contributed by atoms with E-state index < -0.39 is 0 Å². The molecule has 0 spiro atoms. The minimum atomic E-state index is -0.0584. The van der Waals surface area contributed by atoms with Gasteiger partial charge in [0.2, 0.25) is 11.8 Å². The van der Waals surface area contributed by atoms with Crippen molar-refractivity contribution in [3.63, 3.8) is 0 Å². The molecule has 1 aliphatic heterocycles. The second-order valence-corrected chi connectivity index (χ2v) is 7.09. The van der Waals surface area contributed by atoms with Gasteiger partial charge in [-0.3, -0.25) is 9.59 Å². The molecule has 0 radical (unpaired) electrons. The molecule has 2 aromatic rings. The number of pyridine rings is 1. The van der Waals surface area contributed by atoms with E-state index in [9.17, 15) is 9.59 Å². The zero-order chi connectivity index (χ0) is 17.9. The number of aromatic nitrogens is 1. The Balaban J connectivity index is 1.34. The fourth-order valence-electron chi connectivity index (χ4n) is 4.06. The molecule has 134 valence electrons. The lowest BCUT2D eigenvalue weighted by Crippen LogP contribution is -2.43. The van der Waals surface area contributed by atoms with Gasteiger partial charge in [-0.15, -0.1) is 0 Å². The van der Waals surface area contributed by atoms with Crippen LogP contribution in [0.5, 0.6) is 0 Å². The lowest BCUT2D eigenvalue weighted by atomic mass is 9.93. The summed E-state index contributed by atoms with van der Waals surface area (Å²) in [5, 5.41) is 2.87. The monoisotopic (exact) mass is 349 g/mol. The zero-order valence-electron chi connectivity index (χ0n) is 14.7. The van der Waals surface area contributed by atoms with Gasteiger partial charge in [0, 0.05) is 25.2 Å². The summed E-state index contributed by atoms with van der Waals surface area (Å²) >= 11 is 0. The van der Waals surface area contributed by atoms with Crippen LogP contribution in [-0.2, 0) is 16.0 Å². The average molecular weight is 349 g/mol. The van der Waals surface area contributed by atoms with Crippen molar-refractivity contribution in [3.8, 4) is 0 Å². The largest absolute Gasteiger partial charge is 0.342 e. The van der Waals surface area contributed by atoms with Gasteiger partial charge in [0.1, 0.15) is 5.82 Å². The number of benzene rings is 1. The number of carbonyl (C=O) groups excluding carboxylic acids is 2. The molecule has 5 heteroatoms. The number of likely N-dealkylation sites (tertiary alicyclic amines) is 1. The molecule has 1 fully saturated rings. The van der Waals surface area contributed by atoms with Crippen LogP contribution in [-0.4, -0.2) is 34.8 Å². The molecule has 2 amide bonds. The summed E-state index contributed by atoms with van der Waals surface area (Å²) in [6.07, 6.45) is 4.96. The Hall–Kier alpha value is -2.69. The minimum Gasteiger partial charge on any atom is -0.342 e. The number of hydrogen-bond acceptors (Lipinski definition) is 3. The lowest BCUT2D eigenvalue weighted by Gasteiger charge is -2.33. The summed E-state index contributed by atoms with van der Waals surface area (Å²) in [5.41, 5.74) is 2.49. The average Bonchev–Trinajstić information content (AvgIpc) is 3.12. The number of amides is 2. The van der Waals surface area contributed by atoms with Crippen LogP contribution < -0.4 is 5.32 Å². The molecule has 4 rings (SSSR count). The van der Waals surface area contributed by atoms with Crippen molar-refractivity contribution in [2.75, 3.05) is 18.4 Å². The summed E-state index contributed by atoms with van der Waals surface area (Å²) in [4.78, 5) is 31.4. The Kier molecular flexibility index (Phi) is 4.69. The van der Waals surface area contributed by atoms with Crippen molar-refractivity contribution >= 4 is 17.6 Å². The van der Waals surface area contributed by atoms with E-state index in [0.29, 0.717) is 31.7 Å². The molecule has 1 atom stereocenters. The molecule has 26 heavy (non-hydrogen) atoms. The van der Waals surface area contributed by atoms with Gasteiger partial charge in [0.25, 0.3) is 0 Å². The van der Waals surface area contributed by atoms with E-state index in [2.05, 4.69) is 22.4 Å². The van der Waals surface area contributed by atoms with Gasteiger partial charge in [0.05, 0.1) is 5.92 Å². The first kappa shape index (κ1) is 16.8. The van der Waals surface area contributed by atoms with Crippen LogP contribution in [0.4, 0.5) is 5.82 Å². The van der Waals surface area contributed by atoms with E-state index in [1.54, 1.807) is 12.3 Å². The first-order chi connectivity index (χ1) is 12.7. The van der Waals surface area contributed by atoms with Crippen LogP contribution in [0.15, 0.2) is 48.7 Å². The Morgan fingerprint density at radius 1 is 1.00 bits per heavy atom. The van der Waals surface area contributed by atoms with Gasteiger partial charge in [-0.25, -0.2) is 4.98 Å². The minimum absolute atomic E-state index is 0.00186. The van der Waals surface area contributed by atoms with Crippen LogP contribution in [0, 0.1) is 5.92 Å². The molecule has 1 aliphatic carbocycles. The topological polar surface area (TPSA) is 62.3 Å². The molecule has 0 unspecified atom stereocenters. The number of nitrogens with zero attached hydrogens (tertiary/aromatic N) is 2.